The molecule has 5 nitrogen and oxygen atoms in total. The topological polar surface area (TPSA) is 74.7 Å². The van der Waals surface area contributed by atoms with Crippen molar-refractivity contribution in [2.45, 2.75) is 23.8 Å². The summed E-state index contributed by atoms with van der Waals surface area (Å²) in [6.07, 6.45) is 0.963. The van der Waals surface area contributed by atoms with Crippen LogP contribution in [0.2, 0.25) is 0 Å². The Hall–Kier alpha value is -1.40. The number of benzene rings is 1. The molecule has 0 aliphatic carbocycles. The van der Waals surface area contributed by atoms with Crippen molar-refractivity contribution in [2.24, 2.45) is 0 Å². The third-order valence-corrected chi connectivity index (χ3v) is 4.76. The van der Waals surface area contributed by atoms with Crippen LogP contribution in [-0.2, 0) is 14.8 Å². The van der Waals surface area contributed by atoms with Gasteiger partial charge in [0.2, 0.25) is 10.0 Å². The minimum atomic E-state index is -3.68. The average molecular weight is 255 g/mol. The molecule has 92 valence electrons. The summed E-state index contributed by atoms with van der Waals surface area (Å²) >= 11 is 0. The fourth-order valence-corrected chi connectivity index (χ4v) is 3.67. The number of carbonyl (C=O) groups is 1. The Bertz CT molecular complexity index is 512. The first-order valence-corrected chi connectivity index (χ1v) is 6.77. The molecule has 1 aromatic carbocycles. The molecule has 0 amide bonds. The molecule has 17 heavy (non-hydrogen) atoms. The van der Waals surface area contributed by atoms with Gasteiger partial charge in [-0.15, -0.1) is 0 Å². The smallest absolute Gasteiger partial charge is 0.322 e. The fraction of sp³-hybridized carbons (Fsp3) is 0.364. The predicted octanol–water partition coefficient (Wildman–Crippen LogP) is 0.924. The molecule has 6 heteroatoms. The summed E-state index contributed by atoms with van der Waals surface area (Å²) in [6, 6.07) is 6.99. The molecule has 1 aliphatic heterocycles. The lowest BCUT2D eigenvalue weighted by Crippen LogP contribution is -2.40. The number of carboxylic acids is 1. The van der Waals surface area contributed by atoms with Gasteiger partial charge in [-0.2, -0.15) is 4.31 Å². The first-order valence-electron chi connectivity index (χ1n) is 5.33. The molecule has 0 unspecified atom stereocenters. The Morgan fingerprint density at radius 1 is 1.29 bits per heavy atom. The third-order valence-electron chi connectivity index (χ3n) is 2.84. The zero-order chi connectivity index (χ0) is 12.5. The Morgan fingerprint density at radius 3 is 2.53 bits per heavy atom. The lowest BCUT2D eigenvalue weighted by Gasteiger charge is -2.20. The highest BCUT2D eigenvalue weighted by Gasteiger charge is 2.39. The Morgan fingerprint density at radius 2 is 1.94 bits per heavy atom. The van der Waals surface area contributed by atoms with Gasteiger partial charge in [-0.05, 0) is 25.0 Å². The van der Waals surface area contributed by atoms with Crippen LogP contribution in [0.25, 0.3) is 0 Å². The van der Waals surface area contributed by atoms with E-state index in [1.807, 2.05) is 0 Å². The first-order chi connectivity index (χ1) is 8.03. The molecule has 0 saturated carbocycles. The van der Waals surface area contributed by atoms with Crippen molar-refractivity contribution in [3.63, 3.8) is 0 Å². The van der Waals surface area contributed by atoms with E-state index < -0.39 is 22.0 Å². The van der Waals surface area contributed by atoms with Crippen molar-refractivity contribution in [3.8, 4) is 0 Å². The molecule has 1 aliphatic rings. The predicted molar refractivity (Wildman–Crippen MR) is 61.0 cm³/mol. The summed E-state index contributed by atoms with van der Waals surface area (Å²) < 4.78 is 25.5. The van der Waals surface area contributed by atoms with E-state index in [1.54, 1.807) is 18.2 Å². The highest BCUT2D eigenvalue weighted by Crippen LogP contribution is 2.25. The van der Waals surface area contributed by atoms with Crippen LogP contribution in [0.15, 0.2) is 35.2 Å². The van der Waals surface area contributed by atoms with E-state index in [4.69, 9.17) is 5.11 Å². The van der Waals surface area contributed by atoms with Gasteiger partial charge in [0.1, 0.15) is 6.04 Å². The van der Waals surface area contributed by atoms with Crippen LogP contribution in [0.5, 0.6) is 0 Å². The molecular weight excluding hydrogens is 242 g/mol. The summed E-state index contributed by atoms with van der Waals surface area (Å²) in [4.78, 5) is 11.1. The molecule has 1 fully saturated rings. The second-order valence-corrected chi connectivity index (χ2v) is 5.82. The van der Waals surface area contributed by atoms with Crippen molar-refractivity contribution >= 4 is 16.0 Å². The number of nitrogens with zero attached hydrogens (tertiary/aromatic N) is 1. The third kappa shape index (κ3) is 2.18. The summed E-state index contributed by atoms with van der Waals surface area (Å²) in [6.45, 7) is 0.272. The molecule has 1 atom stereocenters. The van der Waals surface area contributed by atoms with Gasteiger partial charge in [0.15, 0.2) is 0 Å². The van der Waals surface area contributed by atoms with Gasteiger partial charge in [0.05, 0.1) is 4.90 Å². The summed E-state index contributed by atoms with van der Waals surface area (Å²) in [5.74, 6) is -1.08. The van der Waals surface area contributed by atoms with Crippen molar-refractivity contribution in [1.82, 2.24) is 4.31 Å². The quantitative estimate of drug-likeness (QED) is 0.871. The average Bonchev–Trinajstić information content (AvgIpc) is 2.80. The van der Waals surface area contributed by atoms with E-state index in [0.717, 1.165) is 4.31 Å². The number of aliphatic carboxylic acids is 1. The van der Waals surface area contributed by atoms with Gasteiger partial charge in [-0.1, -0.05) is 18.2 Å². The maximum Gasteiger partial charge on any atom is 0.322 e. The highest BCUT2D eigenvalue weighted by molar-refractivity contribution is 7.89. The Kier molecular flexibility index (Phi) is 3.17. The molecule has 0 radical (unpaired) electrons. The van der Waals surface area contributed by atoms with E-state index in [0.29, 0.717) is 12.8 Å². The van der Waals surface area contributed by atoms with E-state index in [2.05, 4.69) is 0 Å². The van der Waals surface area contributed by atoms with Gasteiger partial charge >= 0.3 is 5.97 Å². The van der Waals surface area contributed by atoms with Crippen molar-refractivity contribution in [3.05, 3.63) is 30.3 Å². The molecule has 0 spiro atoms. The SMILES string of the molecule is O=C(O)[C@@H]1CCCN1S(=O)(=O)c1ccccc1. The van der Waals surface area contributed by atoms with Gasteiger partial charge in [0, 0.05) is 6.54 Å². The first kappa shape index (κ1) is 12.1. The standard InChI is InChI=1S/C11H13NO4S/c13-11(14)10-7-4-8-12(10)17(15,16)9-5-2-1-3-6-9/h1-3,5-6,10H,4,7-8H2,(H,13,14)/t10-/m0/s1. The molecule has 1 saturated heterocycles. The van der Waals surface area contributed by atoms with Crippen LogP contribution in [0.4, 0.5) is 0 Å². The van der Waals surface area contributed by atoms with Crippen LogP contribution in [0.1, 0.15) is 12.8 Å². The maximum atomic E-state index is 12.2. The molecule has 2 rings (SSSR count). The fourth-order valence-electron chi connectivity index (χ4n) is 2.00. The van der Waals surface area contributed by atoms with Crippen LogP contribution in [-0.4, -0.2) is 36.4 Å². The number of rotatable bonds is 3. The molecule has 1 aromatic rings. The molecule has 1 N–H and O–H groups in total. The minimum absolute atomic E-state index is 0.146. The zero-order valence-electron chi connectivity index (χ0n) is 9.11. The van der Waals surface area contributed by atoms with Crippen LogP contribution in [0.3, 0.4) is 0 Å². The Balaban J connectivity index is 2.37. The van der Waals surface area contributed by atoms with Gasteiger partial charge < -0.3 is 5.11 Å². The lowest BCUT2D eigenvalue weighted by molar-refractivity contribution is -0.140. The van der Waals surface area contributed by atoms with E-state index in [9.17, 15) is 13.2 Å². The minimum Gasteiger partial charge on any atom is -0.480 e. The van der Waals surface area contributed by atoms with Crippen LogP contribution in [0, 0.1) is 0 Å². The molecular formula is C11H13NO4S. The van der Waals surface area contributed by atoms with Crippen molar-refractivity contribution in [1.29, 1.82) is 0 Å². The van der Waals surface area contributed by atoms with Crippen LogP contribution >= 0.6 is 0 Å². The number of carboxylic acid groups (broad SMARTS) is 1. The summed E-state index contributed by atoms with van der Waals surface area (Å²) in [5, 5.41) is 8.99. The number of hydrogen-bond donors (Lipinski definition) is 1. The van der Waals surface area contributed by atoms with Crippen LogP contribution < -0.4 is 0 Å². The van der Waals surface area contributed by atoms with E-state index in [1.165, 1.54) is 12.1 Å². The second kappa shape index (κ2) is 4.46. The maximum absolute atomic E-state index is 12.2. The number of sulfonamides is 1. The lowest BCUT2D eigenvalue weighted by atomic mass is 10.2. The second-order valence-electron chi connectivity index (χ2n) is 3.93. The normalized spacial score (nSPS) is 21.5. The number of hydrogen-bond acceptors (Lipinski definition) is 3. The van der Waals surface area contributed by atoms with E-state index >= 15 is 0 Å². The van der Waals surface area contributed by atoms with Crippen molar-refractivity contribution < 1.29 is 18.3 Å². The highest BCUT2D eigenvalue weighted by atomic mass is 32.2. The van der Waals surface area contributed by atoms with Crippen molar-refractivity contribution in [2.75, 3.05) is 6.54 Å². The van der Waals surface area contributed by atoms with Gasteiger partial charge in [-0.3, -0.25) is 4.79 Å². The largest absolute Gasteiger partial charge is 0.480 e. The Labute approximate surface area is 99.7 Å². The molecule has 0 aromatic heterocycles. The van der Waals surface area contributed by atoms with E-state index in [-0.39, 0.29) is 11.4 Å². The summed E-state index contributed by atoms with van der Waals surface area (Å²) in [7, 11) is -3.68. The molecule has 0 bridgehead atoms. The van der Waals surface area contributed by atoms with Gasteiger partial charge in [-0.25, -0.2) is 8.42 Å². The van der Waals surface area contributed by atoms with Gasteiger partial charge in [0.25, 0.3) is 0 Å². The molecule has 1 heterocycles. The summed E-state index contributed by atoms with van der Waals surface area (Å²) in [5.41, 5.74) is 0. The monoisotopic (exact) mass is 255 g/mol. The zero-order valence-corrected chi connectivity index (χ0v) is 9.93.